The Bertz CT molecular complexity index is 1350. The third-order valence-corrected chi connectivity index (χ3v) is 4.82. The number of aromatic nitrogens is 1. The van der Waals surface area contributed by atoms with Crippen molar-refractivity contribution < 1.29 is 19.2 Å². The summed E-state index contributed by atoms with van der Waals surface area (Å²) in [6.07, 6.45) is 5.18. The Morgan fingerprint density at radius 3 is 2.26 bits per heavy atom. The molecule has 0 aliphatic heterocycles. The molecule has 1 N–H and O–H groups in total. The van der Waals surface area contributed by atoms with Gasteiger partial charge in [-0.2, -0.15) is 5.10 Å². The second-order valence-electron chi connectivity index (χ2n) is 7.07. The molecule has 1 aromatic heterocycles. The summed E-state index contributed by atoms with van der Waals surface area (Å²) >= 11 is 0. The molecule has 4 rings (SSSR count). The van der Waals surface area contributed by atoms with Gasteiger partial charge in [0.25, 0.3) is 11.6 Å². The van der Waals surface area contributed by atoms with Gasteiger partial charge in [-0.05, 0) is 66.2 Å². The minimum atomic E-state index is -0.634. The summed E-state index contributed by atoms with van der Waals surface area (Å²) in [7, 11) is 0. The van der Waals surface area contributed by atoms with Gasteiger partial charge in [0, 0.05) is 24.5 Å². The van der Waals surface area contributed by atoms with Crippen LogP contribution in [0.15, 0.2) is 102 Å². The average molecular weight is 454 g/mol. The van der Waals surface area contributed by atoms with Gasteiger partial charge in [-0.15, -0.1) is 0 Å². The molecule has 9 heteroatoms. The predicted octanol–water partition coefficient (Wildman–Crippen LogP) is 4.37. The molecule has 0 unspecified atom stereocenters. The third-order valence-electron chi connectivity index (χ3n) is 4.82. The highest BCUT2D eigenvalue weighted by Gasteiger charge is 2.12. The zero-order chi connectivity index (χ0) is 23.9. The van der Waals surface area contributed by atoms with E-state index in [0.717, 1.165) is 5.69 Å². The SMILES string of the molecule is O=C(Oc1ccc(C=NNC(=O)c2ccccc2-n2cccc2)cc1)c1ccc([N+](=O)[O-])cc1. The minimum absolute atomic E-state index is 0.111. The first-order valence-electron chi connectivity index (χ1n) is 10.1. The Hall–Kier alpha value is -5.05. The number of para-hydroxylation sites is 1. The zero-order valence-corrected chi connectivity index (χ0v) is 17.7. The molecule has 9 nitrogen and oxygen atoms in total. The zero-order valence-electron chi connectivity index (χ0n) is 17.7. The number of nitrogens with zero attached hydrogens (tertiary/aromatic N) is 3. The van der Waals surface area contributed by atoms with Crippen molar-refractivity contribution in [3.05, 3.63) is 124 Å². The summed E-state index contributed by atoms with van der Waals surface area (Å²) < 4.78 is 7.12. The second-order valence-corrected chi connectivity index (χ2v) is 7.07. The number of nitro groups is 1. The first-order chi connectivity index (χ1) is 16.5. The summed E-state index contributed by atoms with van der Waals surface area (Å²) in [5.74, 6) is -0.690. The molecule has 168 valence electrons. The molecule has 34 heavy (non-hydrogen) atoms. The summed E-state index contributed by atoms with van der Waals surface area (Å²) in [5, 5.41) is 14.7. The highest BCUT2D eigenvalue weighted by Crippen LogP contribution is 2.17. The van der Waals surface area contributed by atoms with E-state index in [0.29, 0.717) is 16.9 Å². The van der Waals surface area contributed by atoms with E-state index in [4.69, 9.17) is 4.74 Å². The lowest BCUT2D eigenvalue weighted by Gasteiger charge is -2.09. The number of nitrogens with one attached hydrogen (secondary N) is 1. The van der Waals surface area contributed by atoms with Crippen molar-refractivity contribution in [3.63, 3.8) is 0 Å². The normalized spacial score (nSPS) is 10.7. The highest BCUT2D eigenvalue weighted by molar-refractivity contribution is 5.98. The molecule has 3 aromatic carbocycles. The number of non-ortho nitro benzene ring substituents is 1. The Morgan fingerprint density at radius 1 is 0.912 bits per heavy atom. The van der Waals surface area contributed by atoms with Crippen LogP contribution in [0.2, 0.25) is 0 Å². The number of carbonyl (C=O) groups is 2. The van der Waals surface area contributed by atoms with Crippen LogP contribution in [-0.4, -0.2) is 27.6 Å². The van der Waals surface area contributed by atoms with Gasteiger partial charge in [0.1, 0.15) is 5.75 Å². The summed E-state index contributed by atoms with van der Waals surface area (Å²) in [4.78, 5) is 35.0. The Labute approximate surface area is 194 Å². The first kappa shape index (κ1) is 22.2. The maximum absolute atomic E-state index is 12.6. The van der Waals surface area contributed by atoms with Gasteiger partial charge in [0.2, 0.25) is 0 Å². The van der Waals surface area contributed by atoms with Crippen molar-refractivity contribution in [1.82, 2.24) is 9.99 Å². The molecule has 0 spiro atoms. The topological polar surface area (TPSA) is 116 Å². The van der Waals surface area contributed by atoms with E-state index in [9.17, 15) is 19.7 Å². The maximum Gasteiger partial charge on any atom is 0.343 e. The van der Waals surface area contributed by atoms with Gasteiger partial charge in [0.15, 0.2) is 0 Å². The number of rotatable bonds is 7. The molecular formula is C25H18N4O5. The molecule has 0 bridgehead atoms. The minimum Gasteiger partial charge on any atom is -0.423 e. The van der Waals surface area contributed by atoms with E-state index >= 15 is 0 Å². The van der Waals surface area contributed by atoms with Crippen molar-refractivity contribution in [3.8, 4) is 11.4 Å². The van der Waals surface area contributed by atoms with Gasteiger partial charge in [-0.3, -0.25) is 14.9 Å². The number of amides is 1. The highest BCUT2D eigenvalue weighted by atomic mass is 16.6. The molecular weight excluding hydrogens is 436 g/mol. The molecule has 1 heterocycles. The number of hydrazone groups is 1. The van der Waals surface area contributed by atoms with E-state index < -0.39 is 10.9 Å². The number of ether oxygens (including phenoxy) is 1. The number of hydrogen-bond acceptors (Lipinski definition) is 6. The quantitative estimate of drug-likeness (QED) is 0.146. The monoisotopic (exact) mass is 454 g/mol. The van der Waals surface area contributed by atoms with E-state index in [1.54, 1.807) is 36.4 Å². The fourth-order valence-corrected chi connectivity index (χ4v) is 3.12. The Morgan fingerprint density at radius 2 is 1.59 bits per heavy atom. The van der Waals surface area contributed by atoms with Gasteiger partial charge >= 0.3 is 5.97 Å². The average Bonchev–Trinajstić information content (AvgIpc) is 3.40. The second kappa shape index (κ2) is 10.0. The number of carbonyl (C=O) groups excluding carboxylic acids is 2. The van der Waals surface area contributed by atoms with Crippen molar-refractivity contribution in [2.75, 3.05) is 0 Å². The van der Waals surface area contributed by atoms with Crippen LogP contribution in [0.4, 0.5) is 5.69 Å². The fourth-order valence-electron chi connectivity index (χ4n) is 3.12. The molecule has 4 aromatic rings. The lowest BCUT2D eigenvalue weighted by Crippen LogP contribution is -2.19. The Kier molecular flexibility index (Phi) is 6.55. The van der Waals surface area contributed by atoms with Crippen LogP contribution in [0.25, 0.3) is 5.69 Å². The molecule has 0 saturated heterocycles. The standard InChI is InChI=1S/C25H18N4O5/c30-24(22-5-1-2-6-23(22)28-15-3-4-16-28)27-26-17-18-7-13-21(14-8-18)34-25(31)19-9-11-20(12-10-19)29(32)33/h1-17H,(H,27,30). The third kappa shape index (κ3) is 5.22. The maximum atomic E-state index is 12.6. The van der Waals surface area contributed by atoms with Gasteiger partial charge < -0.3 is 9.30 Å². The van der Waals surface area contributed by atoms with Crippen LogP contribution in [-0.2, 0) is 0 Å². The molecule has 0 fully saturated rings. The van der Waals surface area contributed by atoms with E-state index in [1.807, 2.05) is 41.2 Å². The van der Waals surface area contributed by atoms with Crippen molar-refractivity contribution in [1.29, 1.82) is 0 Å². The lowest BCUT2D eigenvalue weighted by molar-refractivity contribution is -0.384. The van der Waals surface area contributed by atoms with Crippen molar-refractivity contribution in [2.24, 2.45) is 5.10 Å². The molecule has 0 radical (unpaired) electrons. The van der Waals surface area contributed by atoms with Gasteiger partial charge in [0.05, 0.1) is 28.0 Å². The predicted molar refractivity (Wildman–Crippen MR) is 125 cm³/mol. The lowest BCUT2D eigenvalue weighted by atomic mass is 10.1. The van der Waals surface area contributed by atoms with Crippen molar-refractivity contribution in [2.45, 2.75) is 0 Å². The smallest absolute Gasteiger partial charge is 0.343 e. The number of nitro benzene ring substituents is 1. The molecule has 0 saturated carbocycles. The van der Waals surface area contributed by atoms with Crippen LogP contribution in [0.5, 0.6) is 5.75 Å². The van der Waals surface area contributed by atoms with E-state index in [-0.39, 0.29) is 17.2 Å². The van der Waals surface area contributed by atoms with Crippen LogP contribution in [0.3, 0.4) is 0 Å². The van der Waals surface area contributed by atoms with Crippen LogP contribution >= 0.6 is 0 Å². The van der Waals surface area contributed by atoms with E-state index in [2.05, 4.69) is 10.5 Å². The Balaban J connectivity index is 1.36. The number of esters is 1. The van der Waals surface area contributed by atoms with E-state index in [1.165, 1.54) is 30.5 Å². The van der Waals surface area contributed by atoms with Gasteiger partial charge in [-0.1, -0.05) is 12.1 Å². The van der Waals surface area contributed by atoms with Crippen LogP contribution in [0, 0.1) is 10.1 Å². The fraction of sp³-hybridized carbons (Fsp3) is 0. The summed E-state index contributed by atoms with van der Waals surface area (Å²) in [5.41, 5.74) is 4.48. The van der Waals surface area contributed by atoms with Crippen LogP contribution < -0.4 is 10.2 Å². The van der Waals surface area contributed by atoms with Crippen LogP contribution in [0.1, 0.15) is 26.3 Å². The number of benzene rings is 3. The molecule has 1 amide bonds. The number of hydrogen-bond donors (Lipinski definition) is 1. The van der Waals surface area contributed by atoms with Gasteiger partial charge in [-0.25, -0.2) is 10.2 Å². The van der Waals surface area contributed by atoms with Crippen molar-refractivity contribution >= 4 is 23.8 Å². The molecule has 0 atom stereocenters. The largest absolute Gasteiger partial charge is 0.423 e. The first-order valence-corrected chi connectivity index (χ1v) is 10.1. The summed E-state index contributed by atoms with van der Waals surface area (Å²) in [6, 6.07) is 22.6. The molecule has 0 aliphatic rings. The summed E-state index contributed by atoms with van der Waals surface area (Å²) in [6.45, 7) is 0. The molecule has 0 aliphatic carbocycles.